The van der Waals surface area contributed by atoms with Gasteiger partial charge in [0.05, 0.1) is 30.6 Å². The molecule has 3 aromatic heterocycles. The van der Waals surface area contributed by atoms with Crippen molar-refractivity contribution < 1.29 is 19.1 Å². The number of thiazole rings is 1. The van der Waals surface area contributed by atoms with Gasteiger partial charge in [-0.15, -0.1) is 16.4 Å². The van der Waals surface area contributed by atoms with E-state index in [1.54, 1.807) is 34.0 Å². The third-order valence-electron chi connectivity index (χ3n) is 7.81. The Balaban J connectivity index is 1.35. The predicted octanol–water partition coefficient (Wildman–Crippen LogP) is 5.37. The maximum absolute atomic E-state index is 14.0. The van der Waals surface area contributed by atoms with Crippen LogP contribution in [-0.4, -0.2) is 56.9 Å². The molecule has 9 nitrogen and oxygen atoms in total. The van der Waals surface area contributed by atoms with E-state index in [0.717, 1.165) is 47.6 Å². The van der Waals surface area contributed by atoms with E-state index in [0.29, 0.717) is 36.9 Å². The minimum Gasteiger partial charge on any atom is -0.462 e. The first-order chi connectivity index (χ1) is 19.0. The van der Waals surface area contributed by atoms with Crippen LogP contribution in [-0.2, 0) is 14.3 Å². The lowest BCUT2D eigenvalue weighted by molar-refractivity contribution is -0.124. The fourth-order valence-corrected chi connectivity index (χ4v) is 6.27. The summed E-state index contributed by atoms with van der Waals surface area (Å²) in [6.45, 7) is 5.27. The molecule has 1 saturated carbocycles. The lowest BCUT2D eigenvalue weighted by atomic mass is 9.82. The molecule has 10 heteroatoms. The number of nitrogens with zero attached hydrogens (tertiary/aromatic N) is 5. The number of esters is 1. The quantitative estimate of drug-likeness (QED) is 0.289. The van der Waals surface area contributed by atoms with Crippen molar-refractivity contribution in [2.45, 2.75) is 52.0 Å². The Bertz CT molecular complexity index is 1430. The van der Waals surface area contributed by atoms with Crippen LogP contribution in [0.3, 0.4) is 0 Å². The van der Waals surface area contributed by atoms with Gasteiger partial charge < -0.3 is 9.47 Å². The molecule has 1 unspecified atom stereocenters. The molecule has 2 aliphatic rings. The Morgan fingerprint density at radius 2 is 1.92 bits per heavy atom. The number of hydrogen-bond donors (Lipinski definition) is 0. The first-order valence-corrected chi connectivity index (χ1v) is 14.6. The first kappa shape index (κ1) is 25.8. The zero-order chi connectivity index (χ0) is 26.9. The molecule has 39 heavy (non-hydrogen) atoms. The summed E-state index contributed by atoms with van der Waals surface area (Å²) in [6.07, 6.45) is 10.2. The second-order valence-electron chi connectivity index (χ2n) is 10.5. The smallest absolute Gasteiger partial charge is 0.343 e. The van der Waals surface area contributed by atoms with Crippen LogP contribution in [0.25, 0.3) is 21.9 Å². The Morgan fingerprint density at radius 3 is 2.62 bits per heavy atom. The molecule has 4 aromatic rings. The summed E-state index contributed by atoms with van der Waals surface area (Å²) in [4.78, 5) is 34.5. The zero-order valence-electron chi connectivity index (χ0n) is 22.3. The van der Waals surface area contributed by atoms with Crippen molar-refractivity contribution in [3.63, 3.8) is 0 Å². The number of imidazole rings is 1. The van der Waals surface area contributed by atoms with Gasteiger partial charge in [0.25, 0.3) is 0 Å². The zero-order valence-corrected chi connectivity index (χ0v) is 23.1. The van der Waals surface area contributed by atoms with Crippen molar-refractivity contribution in [3.05, 3.63) is 53.8 Å². The standard InChI is InChI=1S/C29H33N5O4S/c1-3-38-28(36)24-16-33(22-10-8-20(9-11-22)25-17-32-13-15-39-29(32)30-25)31-26(24)34(23-12-14-37-18-23)27(35)21-6-4-19(2)5-7-21/h8-11,13,15-17,19,21,23H,3-7,12,14,18H2,1-2H3/t19-,21-,23?. The summed E-state index contributed by atoms with van der Waals surface area (Å²) in [6, 6.07) is 7.71. The van der Waals surface area contributed by atoms with Crippen molar-refractivity contribution in [1.29, 1.82) is 0 Å². The summed E-state index contributed by atoms with van der Waals surface area (Å²) in [7, 11) is 0. The second kappa shape index (κ2) is 10.9. The number of amides is 1. The molecule has 0 bridgehead atoms. The van der Waals surface area contributed by atoms with Gasteiger partial charge in [0, 0.05) is 42.1 Å². The minimum absolute atomic E-state index is 0.0308. The average Bonchev–Trinajstić information content (AvgIpc) is 3.74. The number of ether oxygens (including phenoxy) is 2. The summed E-state index contributed by atoms with van der Waals surface area (Å²) in [5.74, 6) is 0.454. The fraction of sp³-hybridized carbons (Fsp3) is 0.448. The van der Waals surface area contributed by atoms with Gasteiger partial charge in [-0.05, 0) is 57.1 Å². The lowest BCUT2D eigenvalue weighted by Gasteiger charge is -2.33. The van der Waals surface area contributed by atoms with E-state index in [4.69, 9.17) is 14.6 Å². The number of rotatable bonds is 7. The van der Waals surface area contributed by atoms with E-state index in [1.807, 2.05) is 46.4 Å². The predicted molar refractivity (Wildman–Crippen MR) is 149 cm³/mol. The van der Waals surface area contributed by atoms with Crippen molar-refractivity contribution in [1.82, 2.24) is 19.2 Å². The van der Waals surface area contributed by atoms with Crippen molar-refractivity contribution in [2.75, 3.05) is 24.7 Å². The summed E-state index contributed by atoms with van der Waals surface area (Å²) < 4.78 is 14.7. The van der Waals surface area contributed by atoms with Crippen LogP contribution in [0.1, 0.15) is 56.3 Å². The molecule has 2 fully saturated rings. The molecule has 0 N–H and O–H groups in total. The maximum Gasteiger partial charge on any atom is 0.343 e. The van der Waals surface area contributed by atoms with E-state index in [1.165, 1.54) is 0 Å². The van der Waals surface area contributed by atoms with Crippen LogP contribution in [0.15, 0.2) is 48.2 Å². The van der Waals surface area contributed by atoms with Gasteiger partial charge in [-0.3, -0.25) is 14.1 Å². The van der Waals surface area contributed by atoms with E-state index in [-0.39, 0.29) is 24.5 Å². The van der Waals surface area contributed by atoms with E-state index in [2.05, 4.69) is 11.9 Å². The molecule has 1 aromatic carbocycles. The highest BCUT2D eigenvalue weighted by atomic mass is 32.1. The molecule has 1 aliphatic carbocycles. The molecule has 1 amide bonds. The van der Waals surface area contributed by atoms with Crippen LogP contribution in [0.2, 0.25) is 0 Å². The molecule has 204 valence electrons. The van der Waals surface area contributed by atoms with Gasteiger partial charge in [-0.25, -0.2) is 14.5 Å². The van der Waals surface area contributed by atoms with Crippen LogP contribution in [0.5, 0.6) is 0 Å². The number of benzene rings is 1. The van der Waals surface area contributed by atoms with E-state index >= 15 is 0 Å². The molecule has 4 heterocycles. The Morgan fingerprint density at radius 1 is 1.13 bits per heavy atom. The molecule has 1 saturated heterocycles. The normalized spacial score (nSPS) is 21.3. The van der Waals surface area contributed by atoms with Crippen LogP contribution < -0.4 is 4.90 Å². The van der Waals surface area contributed by atoms with Gasteiger partial charge in [0.2, 0.25) is 5.91 Å². The third kappa shape index (κ3) is 5.10. The average molecular weight is 548 g/mol. The van der Waals surface area contributed by atoms with Gasteiger partial charge in [0.1, 0.15) is 5.56 Å². The van der Waals surface area contributed by atoms with Crippen molar-refractivity contribution >= 4 is 34.0 Å². The van der Waals surface area contributed by atoms with E-state index in [9.17, 15) is 9.59 Å². The largest absolute Gasteiger partial charge is 0.462 e. The molecule has 1 atom stereocenters. The van der Waals surface area contributed by atoms with Gasteiger partial charge in [0.15, 0.2) is 10.8 Å². The molecule has 1 aliphatic heterocycles. The van der Waals surface area contributed by atoms with Crippen molar-refractivity contribution in [3.8, 4) is 16.9 Å². The molecule has 6 rings (SSSR count). The highest BCUT2D eigenvalue weighted by Gasteiger charge is 2.38. The van der Waals surface area contributed by atoms with Crippen molar-refractivity contribution in [2.24, 2.45) is 11.8 Å². The van der Waals surface area contributed by atoms with Crippen LogP contribution in [0.4, 0.5) is 5.82 Å². The van der Waals surface area contributed by atoms with Gasteiger partial charge in [-0.2, -0.15) is 0 Å². The topological polar surface area (TPSA) is 91.0 Å². The number of anilines is 1. The second-order valence-corrected chi connectivity index (χ2v) is 11.4. The number of carbonyl (C=O) groups excluding carboxylic acids is 2. The minimum atomic E-state index is -0.484. The molecular weight excluding hydrogens is 514 g/mol. The fourth-order valence-electron chi connectivity index (χ4n) is 5.57. The molecule has 0 spiro atoms. The molecule has 0 radical (unpaired) electrons. The lowest BCUT2D eigenvalue weighted by Crippen LogP contribution is -2.46. The summed E-state index contributed by atoms with van der Waals surface area (Å²) in [5, 5.41) is 6.84. The third-order valence-corrected chi connectivity index (χ3v) is 8.58. The number of hydrogen-bond acceptors (Lipinski definition) is 7. The number of fused-ring (bicyclic) bond motifs is 1. The number of carbonyl (C=O) groups is 2. The van der Waals surface area contributed by atoms with Gasteiger partial charge in [-0.1, -0.05) is 19.1 Å². The van der Waals surface area contributed by atoms with E-state index < -0.39 is 5.97 Å². The van der Waals surface area contributed by atoms with Crippen LogP contribution in [0, 0.1) is 11.8 Å². The monoisotopic (exact) mass is 547 g/mol. The first-order valence-electron chi connectivity index (χ1n) is 13.7. The Labute approximate surface area is 231 Å². The van der Waals surface area contributed by atoms with Crippen LogP contribution >= 0.6 is 11.3 Å². The SMILES string of the molecule is CCOC(=O)c1cn(-c2ccc(-c3cn4ccsc4n3)cc2)nc1N(C(=O)[C@H]1CC[C@H](C)CC1)C1CCOC1. The number of aromatic nitrogens is 4. The molecular formula is C29H33N5O4S. The maximum atomic E-state index is 14.0. The highest BCUT2D eigenvalue weighted by Crippen LogP contribution is 2.34. The summed E-state index contributed by atoms with van der Waals surface area (Å²) in [5.41, 5.74) is 2.94. The Kier molecular flexibility index (Phi) is 7.22. The Hall–Kier alpha value is -3.50. The van der Waals surface area contributed by atoms with Gasteiger partial charge >= 0.3 is 5.97 Å². The highest BCUT2D eigenvalue weighted by molar-refractivity contribution is 7.15. The summed E-state index contributed by atoms with van der Waals surface area (Å²) >= 11 is 1.59.